The van der Waals surface area contributed by atoms with E-state index in [1.54, 1.807) is 0 Å². The Morgan fingerprint density at radius 1 is 0.848 bits per heavy atom. The Labute approximate surface area is 228 Å². The third-order valence-electron chi connectivity index (χ3n) is 7.03. The Hall–Kier alpha value is -1.03. The van der Waals surface area contributed by atoms with Gasteiger partial charge in [0.2, 0.25) is 0 Å². The molecule has 3 nitrogen and oxygen atoms in total. The van der Waals surface area contributed by atoms with Gasteiger partial charge in [-0.2, -0.15) is 0 Å². The first-order valence-corrected chi connectivity index (χ1v) is 12.7. The number of hydrogen-bond donors (Lipinski definition) is 1. The van der Waals surface area contributed by atoms with Crippen LogP contribution >= 0.6 is 0 Å². The Bertz CT molecular complexity index is 793. The second-order valence-corrected chi connectivity index (χ2v) is 9.46. The predicted molar refractivity (Wildman–Crippen MR) is 138 cm³/mol. The second-order valence-electron chi connectivity index (χ2n) is 9.46. The van der Waals surface area contributed by atoms with Crippen LogP contribution in [0.3, 0.4) is 0 Å². The molecule has 1 saturated heterocycles. The number of aryl methyl sites for hydroxylation is 3. The fourth-order valence-electron chi connectivity index (χ4n) is 5.02. The summed E-state index contributed by atoms with van der Waals surface area (Å²) in [7, 11) is 0. The molecule has 1 amide bonds. The monoisotopic (exact) mass is 526 g/mol. The van der Waals surface area contributed by atoms with Gasteiger partial charge in [0, 0.05) is 44.8 Å². The van der Waals surface area contributed by atoms with Crippen molar-refractivity contribution in [2.24, 2.45) is 0 Å². The zero-order valence-electron chi connectivity index (χ0n) is 21.7. The minimum absolute atomic E-state index is 0. The molecule has 0 aliphatic carbocycles. The molecule has 0 aromatic heterocycles. The maximum absolute atomic E-state index is 13.3. The van der Waals surface area contributed by atoms with Crippen molar-refractivity contribution in [3.05, 3.63) is 65.2 Å². The summed E-state index contributed by atoms with van der Waals surface area (Å²) < 4.78 is 0.977. The topological polar surface area (TPSA) is 29.1 Å². The molecule has 1 N–H and O–H groups in total. The van der Waals surface area contributed by atoms with Gasteiger partial charge in [0.15, 0.2) is 6.04 Å². The number of benzene rings is 2. The first-order chi connectivity index (χ1) is 15.4. The Balaban J connectivity index is 0.000000581. The van der Waals surface area contributed by atoms with Gasteiger partial charge in [0.25, 0.3) is 5.91 Å². The summed E-state index contributed by atoms with van der Waals surface area (Å²) in [5.74, 6) is 0.224. The normalized spacial score (nSPS) is 16.2. The molecule has 0 spiro atoms. The Kier molecular flexibility index (Phi) is 14.4. The van der Waals surface area contributed by atoms with Crippen molar-refractivity contribution in [2.45, 2.75) is 85.6 Å². The first-order valence-electron chi connectivity index (χ1n) is 12.7. The van der Waals surface area contributed by atoms with E-state index in [1.165, 1.54) is 37.7 Å². The van der Waals surface area contributed by atoms with Crippen LogP contribution < -0.4 is 5.32 Å². The van der Waals surface area contributed by atoms with Crippen molar-refractivity contribution in [2.75, 3.05) is 25.0 Å². The molecule has 33 heavy (non-hydrogen) atoms. The van der Waals surface area contributed by atoms with E-state index in [9.17, 15) is 4.79 Å². The number of rotatable bonds is 6. The van der Waals surface area contributed by atoms with Gasteiger partial charge < -0.3 is 9.80 Å². The number of para-hydroxylation sites is 1. The van der Waals surface area contributed by atoms with E-state index in [0.717, 1.165) is 53.8 Å². The SMILES string of the molecule is CCCC(C(=O)Nc1c(C)cccc1C)[N+]1(CC)CCCCCCC1.Cc1ccccc1.[Y]. The van der Waals surface area contributed by atoms with E-state index in [2.05, 4.69) is 70.3 Å². The van der Waals surface area contributed by atoms with E-state index in [4.69, 9.17) is 0 Å². The third-order valence-corrected chi connectivity index (χ3v) is 7.03. The van der Waals surface area contributed by atoms with Gasteiger partial charge in [-0.25, -0.2) is 0 Å². The standard InChI is InChI=1S/C22H36N2O.C7H8.Y/c1-5-13-20(24(6-2)16-10-8-7-9-11-17-24)22(25)23-21-18(3)14-12-15-19(21)4;1-7-5-3-2-4-6-7;/h12,14-15,20H,5-11,13,16-17H2,1-4H3;2-6H,1H3;/p+1. The zero-order valence-corrected chi connectivity index (χ0v) is 24.5. The largest absolute Gasteiger partial charge is 0.320 e. The first kappa shape index (κ1) is 30.0. The summed E-state index contributed by atoms with van der Waals surface area (Å²) in [5, 5.41) is 3.30. The van der Waals surface area contributed by atoms with Crippen molar-refractivity contribution >= 4 is 11.6 Å². The number of likely N-dealkylation sites (N-methyl/N-ethyl adjacent to an activating group) is 1. The van der Waals surface area contributed by atoms with Crippen LogP contribution in [0.15, 0.2) is 48.5 Å². The predicted octanol–water partition coefficient (Wildman–Crippen LogP) is 7.20. The van der Waals surface area contributed by atoms with E-state index in [-0.39, 0.29) is 44.7 Å². The molecule has 2 aromatic carbocycles. The summed E-state index contributed by atoms with van der Waals surface area (Å²) in [4.78, 5) is 13.3. The van der Waals surface area contributed by atoms with Crippen LogP contribution in [0.1, 0.15) is 75.5 Å². The van der Waals surface area contributed by atoms with Crippen molar-refractivity contribution in [3.8, 4) is 0 Å². The molecule has 0 saturated carbocycles. The molecule has 1 radical (unpaired) electrons. The Morgan fingerprint density at radius 2 is 1.39 bits per heavy atom. The fourth-order valence-corrected chi connectivity index (χ4v) is 5.02. The number of likely N-dealkylation sites (tertiary alicyclic amines) is 1. The van der Waals surface area contributed by atoms with E-state index >= 15 is 0 Å². The van der Waals surface area contributed by atoms with E-state index < -0.39 is 0 Å². The summed E-state index contributed by atoms with van der Waals surface area (Å²) in [5.41, 5.74) is 4.64. The summed E-state index contributed by atoms with van der Waals surface area (Å²) in [6, 6.07) is 16.6. The minimum Gasteiger partial charge on any atom is -0.320 e. The number of quaternary nitrogens is 1. The number of carbonyl (C=O) groups is 1. The van der Waals surface area contributed by atoms with Gasteiger partial charge in [-0.05, 0) is 70.9 Å². The maximum Gasteiger partial charge on any atom is 0.282 e. The van der Waals surface area contributed by atoms with Crippen LogP contribution in [0.5, 0.6) is 0 Å². The number of nitrogens with zero attached hydrogens (tertiary/aromatic N) is 1. The molecular formula is C29H45N2OY+. The van der Waals surface area contributed by atoms with Gasteiger partial charge in [0.1, 0.15) is 0 Å². The molecule has 1 aliphatic heterocycles. The van der Waals surface area contributed by atoms with Gasteiger partial charge in [-0.3, -0.25) is 4.79 Å². The number of anilines is 1. The van der Waals surface area contributed by atoms with Crippen LogP contribution in [-0.2, 0) is 37.5 Å². The molecule has 4 heteroatoms. The number of amides is 1. The van der Waals surface area contributed by atoms with Gasteiger partial charge in [-0.1, -0.05) is 67.4 Å². The molecule has 1 aliphatic rings. The quantitative estimate of drug-likeness (QED) is 0.396. The van der Waals surface area contributed by atoms with Crippen LogP contribution in [0.2, 0.25) is 0 Å². The second kappa shape index (κ2) is 15.8. The third kappa shape index (κ3) is 9.27. The molecule has 179 valence electrons. The van der Waals surface area contributed by atoms with E-state index in [1.807, 2.05) is 18.2 Å². The average molecular weight is 527 g/mol. The van der Waals surface area contributed by atoms with Gasteiger partial charge >= 0.3 is 0 Å². The molecule has 0 bridgehead atoms. The smallest absolute Gasteiger partial charge is 0.282 e. The number of hydrogen-bond acceptors (Lipinski definition) is 1. The van der Waals surface area contributed by atoms with Gasteiger partial charge in [-0.15, -0.1) is 0 Å². The molecule has 3 rings (SSSR count). The van der Waals surface area contributed by atoms with Crippen LogP contribution in [0, 0.1) is 20.8 Å². The minimum atomic E-state index is 0. The van der Waals surface area contributed by atoms with E-state index in [0.29, 0.717) is 0 Å². The molecule has 1 fully saturated rings. The maximum atomic E-state index is 13.3. The van der Waals surface area contributed by atoms with Crippen LogP contribution in [-0.4, -0.2) is 36.1 Å². The van der Waals surface area contributed by atoms with Crippen LogP contribution in [0.4, 0.5) is 5.69 Å². The molecule has 1 heterocycles. The van der Waals surface area contributed by atoms with Crippen molar-refractivity contribution in [1.29, 1.82) is 0 Å². The molecule has 1 unspecified atom stereocenters. The fraction of sp³-hybridized carbons (Fsp3) is 0.552. The molecule has 1 atom stereocenters. The molecule has 2 aromatic rings. The number of carbonyl (C=O) groups excluding carboxylic acids is 1. The average Bonchev–Trinajstić information content (AvgIpc) is 2.76. The molecular weight excluding hydrogens is 481 g/mol. The van der Waals surface area contributed by atoms with Gasteiger partial charge in [0.05, 0.1) is 19.6 Å². The van der Waals surface area contributed by atoms with Crippen LogP contribution in [0.25, 0.3) is 0 Å². The van der Waals surface area contributed by atoms with Crippen molar-refractivity contribution < 1.29 is 42.0 Å². The number of nitrogens with one attached hydrogen (secondary N) is 1. The summed E-state index contributed by atoms with van der Waals surface area (Å²) in [6.45, 7) is 14.1. The Morgan fingerprint density at radius 3 is 1.85 bits per heavy atom. The summed E-state index contributed by atoms with van der Waals surface area (Å²) >= 11 is 0. The van der Waals surface area contributed by atoms with Crippen molar-refractivity contribution in [1.82, 2.24) is 0 Å². The summed E-state index contributed by atoms with van der Waals surface area (Å²) in [6.07, 6.45) is 8.54. The van der Waals surface area contributed by atoms with Crippen molar-refractivity contribution in [3.63, 3.8) is 0 Å². The zero-order chi connectivity index (χ0) is 23.4.